The van der Waals surface area contributed by atoms with Crippen molar-refractivity contribution in [3.05, 3.63) is 47.3 Å². The van der Waals surface area contributed by atoms with Crippen LogP contribution in [-0.4, -0.2) is 84.4 Å². The second-order valence-corrected chi connectivity index (χ2v) is 13.9. The van der Waals surface area contributed by atoms with E-state index in [1.54, 1.807) is 29.6 Å². The number of sulfonamides is 1. The van der Waals surface area contributed by atoms with Crippen molar-refractivity contribution in [3.8, 4) is 0 Å². The van der Waals surface area contributed by atoms with Crippen molar-refractivity contribution in [2.45, 2.75) is 79.2 Å². The first-order valence-corrected chi connectivity index (χ1v) is 15.3. The highest BCUT2D eigenvalue weighted by Gasteiger charge is 2.51. The monoisotopic (exact) mass is 573 g/mol. The van der Waals surface area contributed by atoms with Crippen molar-refractivity contribution in [1.29, 1.82) is 0 Å². The molecule has 210 valence electrons. The van der Waals surface area contributed by atoms with Gasteiger partial charge in [-0.3, -0.25) is 4.90 Å². The Bertz CT molecular complexity index is 1190. The summed E-state index contributed by atoms with van der Waals surface area (Å²) in [5.41, 5.74) is -2.53. The highest BCUT2D eigenvalue weighted by atomic mass is 32.2. The third-order valence-corrected chi connectivity index (χ3v) is 11.6. The fraction of sp³-hybridized carbons (Fsp3) is 0.615. The van der Waals surface area contributed by atoms with Crippen LogP contribution in [0.5, 0.6) is 0 Å². The lowest BCUT2D eigenvalue weighted by atomic mass is 9.82. The molecule has 0 saturated carbocycles. The number of piperidine rings is 2. The zero-order valence-electron chi connectivity index (χ0n) is 21.2. The zero-order valence-corrected chi connectivity index (χ0v) is 22.9. The van der Waals surface area contributed by atoms with Gasteiger partial charge in [0.2, 0.25) is 0 Å². The van der Waals surface area contributed by atoms with E-state index in [1.807, 2.05) is 0 Å². The molecule has 3 saturated heterocycles. The first-order chi connectivity index (χ1) is 17.9. The van der Waals surface area contributed by atoms with Gasteiger partial charge in [0.15, 0.2) is 5.60 Å². The Morgan fingerprint density at radius 1 is 1.05 bits per heavy atom. The quantitative estimate of drug-likeness (QED) is 0.548. The van der Waals surface area contributed by atoms with Crippen molar-refractivity contribution in [3.63, 3.8) is 0 Å². The Kier molecular flexibility index (Phi) is 7.60. The number of thiophene rings is 1. The summed E-state index contributed by atoms with van der Waals surface area (Å²) in [5, 5.41) is 22.2. The molecule has 12 heteroatoms. The molecule has 2 unspecified atom stereocenters. The fourth-order valence-corrected chi connectivity index (χ4v) is 8.82. The lowest BCUT2D eigenvalue weighted by Crippen LogP contribution is -2.62. The predicted octanol–water partition coefficient (Wildman–Crippen LogP) is 3.78. The molecule has 4 atom stereocenters. The number of rotatable bonds is 6. The van der Waals surface area contributed by atoms with E-state index in [0.29, 0.717) is 35.8 Å². The van der Waals surface area contributed by atoms with Gasteiger partial charge in [0.25, 0.3) is 10.0 Å². The molecule has 3 fully saturated rings. The number of hydrogen-bond acceptors (Lipinski definition) is 7. The number of aliphatic hydroxyl groups excluding tert-OH is 1. The first-order valence-electron chi connectivity index (χ1n) is 13.0. The molecule has 3 aliphatic rings. The average Bonchev–Trinajstić information content (AvgIpc) is 3.40. The molecule has 38 heavy (non-hydrogen) atoms. The number of anilines is 1. The number of fused-ring (bicyclic) bond motifs is 2. The standard InChI is InChI=1S/C26H34F3N3O4S2/c1-25(34,26(27,28)29)18-7-9-19(10-8-18)31-12-11-30(38(35,36)24-6-3-13-37-24)16-22(31)17-32-20-4-2-5-21(32)15-23(33)14-20/h3,6-10,13,20-23,33-34H,2,4-5,11-12,14-17H2,1H3/t20?,21?,22-,23?,25+/m1/s1. The van der Waals surface area contributed by atoms with Gasteiger partial charge >= 0.3 is 6.18 Å². The average molecular weight is 574 g/mol. The minimum Gasteiger partial charge on any atom is -0.393 e. The van der Waals surface area contributed by atoms with Crippen LogP contribution in [-0.2, 0) is 15.6 Å². The van der Waals surface area contributed by atoms with E-state index in [4.69, 9.17) is 0 Å². The summed E-state index contributed by atoms with van der Waals surface area (Å²) in [6, 6.07) is 9.28. The summed E-state index contributed by atoms with van der Waals surface area (Å²) in [4.78, 5) is 4.49. The third kappa shape index (κ3) is 5.23. The normalized spacial score (nSPS) is 29.3. The molecule has 2 bridgehead atoms. The Morgan fingerprint density at radius 2 is 1.71 bits per heavy atom. The lowest BCUT2D eigenvalue weighted by Gasteiger charge is -2.51. The molecule has 0 spiro atoms. The van der Waals surface area contributed by atoms with Gasteiger partial charge in [-0.15, -0.1) is 11.3 Å². The number of hydrogen-bond donors (Lipinski definition) is 2. The van der Waals surface area contributed by atoms with Gasteiger partial charge in [-0.05, 0) is 61.7 Å². The maximum atomic E-state index is 13.4. The number of halogens is 3. The van der Waals surface area contributed by atoms with Crippen LogP contribution in [0, 0.1) is 0 Å². The zero-order chi connectivity index (χ0) is 27.3. The molecule has 0 aliphatic carbocycles. The lowest BCUT2D eigenvalue weighted by molar-refractivity contribution is -0.258. The largest absolute Gasteiger partial charge is 0.421 e. The molecule has 2 N–H and O–H groups in total. The summed E-state index contributed by atoms with van der Waals surface area (Å²) in [6.45, 7) is 2.23. The van der Waals surface area contributed by atoms with Crippen molar-refractivity contribution < 1.29 is 31.8 Å². The van der Waals surface area contributed by atoms with Crippen LogP contribution in [0.3, 0.4) is 0 Å². The van der Waals surface area contributed by atoms with E-state index >= 15 is 0 Å². The van der Waals surface area contributed by atoms with Crippen molar-refractivity contribution >= 4 is 27.0 Å². The summed E-state index contributed by atoms with van der Waals surface area (Å²) < 4.78 is 68.6. The summed E-state index contributed by atoms with van der Waals surface area (Å²) in [5.74, 6) is 0. The fourth-order valence-electron chi connectivity index (χ4n) is 6.21. The van der Waals surface area contributed by atoms with E-state index in [9.17, 15) is 31.8 Å². The SMILES string of the molecule is C[C@](O)(c1ccc(N2CCN(S(=O)(=O)c3cccs3)C[C@@H]2CN2C3CCCC2CC(O)C3)cc1)C(F)(F)F. The maximum Gasteiger partial charge on any atom is 0.421 e. The Morgan fingerprint density at radius 3 is 2.29 bits per heavy atom. The van der Waals surface area contributed by atoms with Crippen molar-refractivity contribution in [2.75, 3.05) is 31.1 Å². The second kappa shape index (κ2) is 10.4. The van der Waals surface area contributed by atoms with Crippen LogP contribution in [0.2, 0.25) is 0 Å². The minimum absolute atomic E-state index is 0.230. The first kappa shape index (κ1) is 27.9. The topological polar surface area (TPSA) is 84.3 Å². The number of piperazine rings is 1. The summed E-state index contributed by atoms with van der Waals surface area (Å²) in [6.07, 6.45) is -0.670. The number of benzene rings is 1. The number of aliphatic hydroxyl groups is 2. The van der Waals surface area contributed by atoms with Gasteiger partial charge in [-0.1, -0.05) is 24.6 Å². The summed E-state index contributed by atoms with van der Waals surface area (Å²) >= 11 is 1.18. The predicted molar refractivity (Wildman–Crippen MR) is 140 cm³/mol. The van der Waals surface area contributed by atoms with E-state index in [1.165, 1.54) is 27.8 Å². The van der Waals surface area contributed by atoms with Crippen molar-refractivity contribution in [2.24, 2.45) is 0 Å². The van der Waals surface area contributed by atoms with Gasteiger partial charge in [-0.2, -0.15) is 17.5 Å². The highest BCUT2D eigenvalue weighted by Crippen LogP contribution is 2.40. The minimum atomic E-state index is -4.81. The maximum absolute atomic E-state index is 13.4. The van der Waals surface area contributed by atoms with Gasteiger partial charge in [0, 0.05) is 44.0 Å². The molecular weight excluding hydrogens is 539 g/mol. The van der Waals surface area contributed by atoms with Crippen LogP contribution in [0.25, 0.3) is 0 Å². The van der Waals surface area contributed by atoms with Crippen LogP contribution in [0.1, 0.15) is 44.6 Å². The van der Waals surface area contributed by atoms with Gasteiger partial charge in [0.1, 0.15) is 4.21 Å². The van der Waals surface area contributed by atoms with Crippen LogP contribution < -0.4 is 4.90 Å². The molecule has 1 aromatic heterocycles. The molecule has 3 aliphatic heterocycles. The second-order valence-electron chi connectivity index (χ2n) is 10.8. The van der Waals surface area contributed by atoms with Gasteiger partial charge < -0.3 is 15.1 Å². The van der Waals surface area contributed by atoms with E-state index in [0.717, 1.165) is 26.2 Å². The summed E-state index contributed by atoms with van der Waals surface area (Å²) in [7, 11) is -3.66. The Hall–Kier alpha value is -1.70. The molecule has 5 rings (SSSR count). The number of alkyl halides is 3. The van der Waals surface area contributed by atoms with E-state index in [2.05, 4.69) is 9.80 Å². The van der Waals surface area contributed by atoms with Gasteiger partial charge in [0.05, 0.1) is 12.1 Å². The molecule has 1 aromatic carbocycles. The highest BCUT2D eigenvalue weighted by molar-refractivity contribution is 7.91. The number of nitrogens with zero attached hydrogens (tertiary/aromatic N) is 3. The van der Waals surface area contributed by atoms with E-state index < -0.39 is 21.8 Å². The molecule has 0 amide bonds. The third-order valence-electron chi connectivity index (χ3n) is 8.37. The van der Waals surface area contributed by atoms with Crippen molar-refractivity contribution in [1.82, 2.24) is 9.21 Å². The smallest absolute Gasteiger partial charge is 0.393 e. The molecule has 2 aromatic rings. The van der Waals surface area contributed by atoms with Crippen LogP contribution in [0.15, 0.2) is 46.0 Å². The molecule has 7 nitrogen and oxygen atoms in total. The van der Waals surface area contributed by atoms with Gasteiger partial charge in [-0.25, -0.2) is 8.42 Å². The van der Waals surface area contributed by atoms with E-state index in [-0.39, 0.29) is 42.9 Å². The van der Waals surface area contributed by atoms with Crippen LogP contribution >= 0.6 is 11.3 Å². The molecule has 0 radical (unpaired) electrons. The Labute approximate surface area is 225 Å². The molecular formula is C26H34F3N3O4S2. The molecule has 4 heterocycles. The van der Waals surface area contributed by atoms with Crippen LogP contribution in [0.4, 0.5) is 18.9 Å². The Balaban J connectivity index is 1.43.